The molecule has 4 atom stereocenters. The smallest absolute Gasteiger partial charge is 0.213 e. The zero-order valence-corrected chi connectivity index (χ0v) is 15.7. The van der Waals surface area contributed by atoms with Crippen molar-refractivity contribution in [1.29, 1.82) is 0 Å². The van der Waals surface area contributed by atoms with Crippen LogP contribution in [0.25, 0.3) is 0 Å². The molecule has 1 aromatic carbocycles. The van der Waals surface area contributed by atoms with Gasteiger partial charge in [0.1, 0.15) is 0 Å². The Balaban J connectivity index is 1.64. The summed E-state index contributed by atoms with van der Waals surface area (Å²) in [6.07, 6.45) is 0.0589. The molecule has 0 aromatic heterocycles. The van der Waals surface area contributed by atoms with Gasteiger partial charge in [0.2, 0.25) is 10.0 Å². The maximum atomic E-state index is 11.9. The first-order valence-corrected chi connectivity index (χ1v) is 10.4. The van der Waals surface area contributed by atoms with E-state index in [1.165, 1.54) is 4.31 Å². The van der Waals surface area contributed by atoms with Gasteiger partial charge in [-0.15, -0.1) is 0 Å². The van der Waals surface area contributed by atoms with Crippen molar-refractivity contribution in [2.45, 2.75) is 18.4 Å². The van der Waals surface area contributed by atoms with Crippen molar-refractivity contribution in [2.75, 3.05) is 46.1 Å². The first-order valence-electron chi connectivity index (χ1n) is 8.79. The fourth-order valence-corrected chi connectivity index (χ4v) is 5.34. The lowest BCUT2D eigenvalue weighted by atomic mass is 9.95. The van der Waals surface area contributed by atoms with Gasteiger partial charge in [-0.3, -0.25) is 0 Å². The Morgan fingerprint density at radius 2 is 1.96 bits per heavy atom. The van der Waals surface area contributed by atoms with E-state index < -0.39 is 16.1 Å². The van der Waals surface area contributed by atoms with Crippen molar-refractivity contribution in [3.63, 3.8) is 0 Å². The number of β-amino-alcohol motifs (C(OH)–C–C–N with tert-alkyl or cyclic N) is 1. The highest BCUT2D eigenvalue weighted by Crippen LogP contribution is 2.68. The molecule has 1 spiro atoms. The van der Waals surface area contributed by atoms with Crippen LogP contribution in [-0.2, 0) is 10.0 Å². The van der Waals surface area contributed by atoms with Crippen LogP contribution in [0.15, 0.2) is 30.3 Å². The molecule has 3 rings (SSSR count). The Bertz CT molecular complexity index is 694. The Kier molecular flexibility index (Phi) is 5.23. The third kappa shape index (κ3) is 3.36. The van der Waals surface area contributed by atoms with Gasteiger partial charge < -0.3 is 15.1 Å². The van der Waals surface area contributed by atoms with Crippen molar-refractivity contribution in [3.8, 4) is 0 Å². The number of nitrogens with zero attached hydrogens (tertiary/aromatic N) is 2. The van der Waals surface area contributed by atoms with Crippen LogP contribution >= 0.6 is 0 Å². The molecule has 0 unspecified atom stereocenters. The van der Waals surface area contributed by atoms with Gasteiger partial charge >= 0.3 is 0 Å². The SMILES string of the molecule is CN(C)S(=O)(=O)CCCN1C[C@H](O)[C@@]2(C1)[C@H](CO)[C@H]2c1ccccc1. The van der Waals surface area contributed by atoms with Crippen molar-refractivity contribution in [3.05, 3.63) is 35.9 Å². The lowest BCUT2D eigenvalue weighted by Crippen LogP contribution is -2.29. The summed E-state index contributed by atoms with van der Waals surface area (Å²) >= 11 is 0. The van der Waals surface area contributed by atoms with E-state index in [4.69, 9.17) is 0 Å². The highest BCUT2D eigenvalue weighted by molar-refractivity contribution is 7.89. The monoisotopic (exact) mass is 368 g/mol. The zero-order chi connectivity index (χ0) is 18.2. The maximum Gasteiger partial charge on any atom is 0.213 e. The van der Waals surface area contributed by atoms with Crippen molar-refractivity contribution in [1.82, 2.24) is 9.21 Å². The number of hydrogen-bond donors (Lipinski definition) is 2. The number of benzene rings is 1. The fourth-order valence-electron chi connectivity index (χ4n) is 4.48. The van der Waals surface area contributed by atoms with Crippen molar-refractivity contribution >= 4 is 10.0 Å². The van der Waals surface area contributed by atoms with E-state index in [1.54, 1.807) is 14.1 Å². The normalized spacial score (nSPS) is 32.6. The Morgan fingerprint density at radius 1 is 1.28 bits per heavy atom. The topological polar surface area (TPSA) is 81.1 Å². The molecule has 1 aliphatic heterocycles. The second-order valence-electron chi connectivity index (χ2n) is 7.49. The molecule has 2 fully saturated rings. The molecule has 2 N–H and O–H groups in total. The van der Waals surface area contributed by atoms with Crippen LogP contribution in [0, 0.1) is 11.3 Å². The first kappa shape index (κ1) is 18.8. The fraction of sp³-hybridized carbons (Fsp3) is 0.667. The van der Waals surface area contributed by atoms with Gasteiger partial charge in [0, 0.05) is 39.2 Å². The number of hydrogen-bond acceptors (Lipinski definition) is 5. The molecule has 0 bridgehead atoms. The Morgan fingerprint density at radius 3 is 2.56 bits per heavy atom. The molecule has 7 heteroatoms. The van der Waals surface area contributed by atoms with E-state index in [2.05, 4.69) is 17.0 Å². The number of aliphatic hydroxyl groups excluding tert-OH is 2. The molecule has 1 aliphatic carbocycles. The molecule has 1 saturated heterocycles. The second kappa shape index (κ2) is 6.96. The molecule has 1 heterocycles. The van der Waals surface area contributed by atoms with Crippen LogP contribution in [0.2, 0.25) is 0 Å². The Labute approximate surface area is 150 Å². The van der Waals surface area contributed by atoms with Gasteiger partial charge in [0.15, 0.2) is 0 Å². The molecule has 1 aromatic rings. The lowest BCUT2D eigenvalue weighted by Gasteiger charge is -2.17. The van der Waals surface area contributed by atoms with Crippen molar-refractivity contribution in [2.24, 2.45) is 11.3 Å². The lowest BCUT2D eigenvalue weighted by molar-refractivity contribution is 0.111. The third-order valence-corrected chi connectivity index (χ3v) is 7.82. The first-order chi connectivity index (χ1) is 11.8. The van der Waals surface area contributed by atoms with Crippen LogP contribution < -0.4 is 0 Å². The van der Waals surface area contributed by atoms with Crippen LogP contribution in [0.3, 0.4) is 0 Å². The summed E-state index contributed by atoms with van der Waals surface area (Å²) in [7, 11) is -0.0894. The molecular formula is C18H28N2O4S. The summed E-state index contributed by atoms with van der Waals surface area (Å²) in [5.41, 5.74) is 0.869. The summed E-state index contributed by atoms with van der Waals surface area (Å²) in [5.74, 6) is 0.357. The van der Waals surface area contributed by atoms with Gasteiger partial charge in [-0.25, -0.2) is 12.7 Å². The molecule has 6 nitrogen and oxygen atoms in total. The summed E-state index contributed by atoms with van der Waals surface area (Å²) in [6.45, 7) is 1.97. The average molecular weight is 368 g/mol. The van der Waals surface area contributed by atoms with Gasteiger partial charge in [-0.2, -0.15) is 0 Å². The molecule has 25 heavy (non-hydrogen) atoms. The highest BCUT2D eigenvalue weighted by Gasteiger charge is 2.70. The number of likely N-dealkylation sites (tertiary alicyclic amines) is 1. The van der Waals surface area contributed by atoms with E-state index in [0.717, 1.165) is 5.56 Å². The number of sulfonamides is 1. The standard InChI is InChI=1S/C18H28N2O4S/c1-19(2)25(23,24)10-6-9-20-11-16(22)18(13-20)15(12-21)17(18)14-7-4-3-5-8-14/h3-5,7-8,15-17,21-22H,6,9-13H2,1-2H3/t15-,16+,17-,18-/m1/s1. The highest BCUT2D eigenvalue weighted by atomic mass is 32.2. The molecule has 0 amide bonds. The molecule has 0 radical (unpaired) electrons. The third-order valence-electron chi connectivity index (χ3n) is 5.90. The molecule has 140 valence electrons. The van der Waals surface area contributed by atoms with Crippen molar-refractivity contribution < 1.29 is 18.6 Å². The quantitative estimate of drug-likeness (QED) is 0.725. The maximum absolute atomic E-state index is 11.9. The second-order valence-corrected chi connectivity index (χ2v) is 9.80. The van der Waals surface area contributed by atoms with Crippen LogP contribution in [0.1, 0.15) is 17.9 Å². The number of rotatable bonds is 7. The Hall–Kier alpha value is -0.990. The van der Waals surface area contributed by atoms with E-state index in [0.29, 0.717) is 26.1 Å². The minimum Gasteiger partial charge on any atom is -0.396 e. The molecule has 1 saturated carbocycles. The summed E-state index contributed by atoms with van der Waals surface area (Å²) < 4.78 is 25.0. The van der Waals surface area contributed by atoms with E-state index in [-0.39, 0.29) is 29.6 Å². The van der Waals surface area contributed by atoms with E-state index in [1.807, 2.05) is 18.2 Å². The number of aliphatic hydroxyl groups is 2. The minimum atomic E-state index is -3.18. The average Bonchev–Trinajstić information content (AvgIpc) is 3.11. The van der Waals surface area contributed by atoms with Gasteiger partial charge in [-0.1, -0.05) is 30.3 Å². The van der Waals surface area contributed by atoms with E-state index in [9.17, 15) is 18.6 Å². The van der Waals surface area contributed by atoms with Gasteiger partial charge in [-0.05, 0) is 30.4 Å². The minimum absolute atomic E-state index is 0.0689. The zero-order valence-electron chi connectivity index (χ0n) is 14.9. The summed E-state index contributed by atoms with van der Waals surface area (Å²) in [6, 6.07) is 10.1. The van der Waals surface area contributed by atoms with Crippen LogP contribution in [0.5, 0.6) is 0 Å². The predicted octanol–water partition coefficient (Wildman–Crippen LogP) is 0.337. The summed E-state index contributed by atoms with van der Waals surface area (Å²) in [4.78, 5) is 2.14. The summed E-state index contributed by atoms with van der Waals surface area (Å²) in [5, 5.41) is 20.5. The van der Waals surface area contributed by atoms with Gasteiger partial charge in [0.05, 0.1) is 11.9 Å². The molecule has 2 aliphatic rings. The molecular weight excluding hydrogens is 340 g/mol. The van der Waals surface area contributed by atoms with Crippen LogP contribution in [0.4, 0.5) is 0 Å². The predicted molar refractivity (Wildman–Crippen MR) is 96.7 cm³/mol. The van der Waals surface area contributed by atoms with Crippen LogP contribution in [-0.4, -0.2) is 80.0 Å². The van der Waals surface area contributed by atoms with Gasteiger partial charge in [0.25, 0.3) is 0 Å². The van der Waals surface area contributed by atoms with E-state index >= 15 is 0 Å². The largest absolute Gasteiger partial charge is 0.396 e.